The van der Waals surface area contributed by atoms with E-state index in [1.807, 2.05) is 6.20 Å². The fourth-order valence-electron chi connectivity index (χ4n) is 5.70. The van der Waals surface area contributed by atoms with Crippen molar-refractivity contribution < 1.29 is 0 Å². The molecule has 4 bridgehead atoms. The number of rotatable bonds is 3. The third-order valence-corrected chi connectivity index (χ3v) is 7.25. The highest BCUT2D eigenvalue weighted by Gasteiger charge is 2.53. The smallest absolute Gasteiger partial charge is 0.126 e. The van der Waals surface area contributed by atoms with E-state index < -0.39 is 0 Å². The van der Waals surface area contributed by atoms with Crippen molar-refractivity contribution in [1.82, 2.24) is 4.98 Å². The molecule has 0 spiro atoms. The molecule has 5 rings (SSSR count). The number of aryl methyl sites for hydroxylation is 1. The maximum atomic E-state index is 4.55. The molecule has 2 nitrogen and oxygen atoms in total. The Morgan fingerprint density at radius 3 is 2.29 bits per heavy atom. The van der Waals surface area contributed by atoms with Crippen LogP contribution in [0.4, 0.5) is 5.82 Å². The van der Waals surface area contributed by atoms with Gasteiger partial charge >= 0.3 is 0 Å². The van der Waals surface area contributed by atoms with E-state index in [2.05, 4.69) is 46.1 Å². The molecule has 4 saturated carbocycles. The molecule has 1 N–H and O–H groups in total. The molecular formula is C18H25BrN2. The first-order valence-corrected chi connectivity index (χ1v) is 9.22. The summed E-state index contributed by atoms with van der Waals surface area (Å²) >= 11 is 3.54. The highest BCUT2D eigenvalue weighted by atomic mass is 79.9. The summed E-state index contributed by atoms with van der Waals surface area (Å²) in [4.78, 5) is 4.55. The van der Waals surface area contributed by atoms with E-state index in [0.717, 1.165) is 28.0 Å². The second kappa shape index (κ2) is 4.97. The summed E-state index contributed by atoms with van der Waals surface area (Å²) in [6, 6.07) is 2.71. The maximum Gasteiger partial charge on any atom is 0.126 e. The van der Waals surface area contributed by atoms with E-state index in [1.165, 1.54) is 44.1 Å². The van der Waals surface area contributed by atoms with Crippen LogP contribution >= 0.6 is 15.9 Å². The number of nitrogens with one attached hydrogen (secondary N) is 1. The van der Waals surface area contributed by atoms with Gasteiger partial charge in [0.15, 0.2) is 0 Å². The van der Waals surface area contributed by atoms with E-state index in [1.54, 1.807) is 0 Å². The van der Waals surface area contributed by atoms with Gasteiger partial charge in [0.25, 0.3) is 0 Å². The largest absolute Gasteiger partial charge is 0.367 e. The summed E-state index contributed by atoms with van der Waals surface area (Å²) in [5.41, 5.74) is 1.79. The van der Waals surface area contributed by atoms with Crippen molar-refractivity contribution in [3.63, 3.8) is 0 Å². The monoisotopic (exact) mass is 348 g/mol. The van der Waals surface area contributed by atoms with Gasteiger partial charge in [-0.2, -0.15) is 0 Å². The third-order valence-electron chi connectivity index (χ3n) is 6.42. The van der Waals surface area contributed by atoms with Crippen molar-refractivity contribution in [2.45, 2.75) is 58.4 Å². The van der Waals surface area contributed by atoms with Gasteiger partial charge in [-0.3, -0.25) is 0 Å². The summed E-state index contributed by atoms with van der Waals surface area (Å²) in [6.45, 7) is 4.53. The number of nitrogens with zero attached hydrogens (tertiary/aromatic N) is 1. The van der Waals surface area contributed by atoms with Crippen molar-refractivity contribution >= 4 is 21.7 Å². The Kier molecular flexibility index (Phi) is 3.33. The predicted molar refractivity (Wildman–Crippen MR) is 90.4 cm³/mol. The maximum absolute atomic E-state index is 4.55. The molecule has 4 fully saturated rings. The summed E-state index contributed by atoms with van der Waals surface area (Å²) < 4.78 is 1.09. The van der Waals surface area contributed by atoms with Crippen molar-refractivity contribution in [3.05, 3.63) is 22.3 Å². The van der Waals surface area contributed by atoms with E-state index in [0.29, 0.717) is 11.5 Å². The number of hydrogen-bond acceptors (Lipinski definition) is 2. The molecule has 1 atom stereocenters. The van der Waals surface area contributed by atoms with Crippen LogP contribution in [-0.4, -0.2) is 11.0 Å². The number of anilines is 1. The molecule has 4 aliphatic rings. The Bertz CT molecular complexity index is 519. The Hall–Kier alpha value is -0.570. The summed E-state index contributed by atoms with van der Waals surface area (Å²) in [5, 5.41) is 3.74. The minimum absolute atomic E-state index is 0.539. The normalized spacial score (nSPS) is 38.5. The lowest BCUT2D eigenvalue weighted by molar-refractivity contribution is -0.0603. The zero-order valence-corrected chi connectivity index (χ0v) is 14.6. The first-order chi connectivity index (χ1) is 10.0. The van der Waals surface area contributed by atoms with E-state index in [9.17, 15) is 0 Å². The Morgan fingerprint density at radius 1 is 1.19 bits per heavy atom. The summed E-state index contributed by atoms with van der Waals surface area (Å²) in [6.07, 6.45) is 10.8. The molecule has 0 radical (unpaired) electrons. The molecule has 114 valence electrons. The number of hydrogen-bond donors (Lipinski definition) is 1. The lowest BCUT2D eigenvalue weighted by Crippen LogP contribution is -2.53. The topological polar surface area (TPSA) is 24.9 Å². The average Bonchev–Trinajstić information content (AvgIpc) is 2.41. The molecular weight excluding hydrogens is 324 g/mol. The van der Waals surface area contributed by atoms with Crippen molar-refractivity contribution in [3.8, 4) is 0 Å². The van der Waals surface area contributed by atoms with Crippen LogP contribution in [-0.2, 0) is 0 Å². The van der Waals surface area contributed by atoms with Crippen LogP contribution < -0.4 is 5.32 Å². The molecule has 3 heteroatoms. The van der Waals surface area contributed by atoms with Crippen LogP contribution in [0.1, 0.15) is 51.0 Å². The first-order valence-electron chi connectivity index (χ1n) is 8.43. The van der Waals surface area contributed by atoms with Gasteiger partial charge < -0.3 is 5.32 Å². The molecule has 1 unspecified atom stereocenters. The SMILES string of the molecule is Cc1cc(NC(C)C23CC4CC(CC(C4)C2)C3)ncc1Br. The third kappa shape index (κ3) is 2.42. The average molecular weight is 349 g/mol. The second-order valence-electron chi connectivity index (χ2n) is 7.96. The molecule has 21 heavy (non-hydrogen) atoms. The van der Waals surface area contributed by atoms with Gasteiger partial charge in [0.2, 0.25) is 0 Å². The van der Waals surface area contributed by atoms with Crippen molar-refractivity contribution in [2.24, 2.45) is 23.2 Å². The van der Waals surface area contributed by atoms with Gasteiger partial charge in [-0.25, -0.2) is 4.98 Å². The molecule has 4 aliphatic carbocycles. The first kappa shape index (κ1) is 14.0. The molecule has 1 aromatic rings. The van der Waals surface area contributed by atoms with Crippen LogP contribution in [0.3, 0.4) is 0 Å². The zero-order chi connectivity index (χ0) is 14.6. The minimum atomic E-state index is 0.539. The Morgan fingerprint density at radius 2 is 1.76 bits per heavy atom. The highest BCUT2D eigenvalue weighted by molar-refractivity contribution is 9.10. The van der Waals surface area contributed by atoms with Crippen LogP contribution in [0.15, 0.2) is 16.7 Å². The lowest BCUT2D eigenvalue weighted by atomic mass is 9.48. The fourth-order valence-corrected chi connectivity index (χ4v) is 5.92. The Balaban J connectivity index is 1.54. The number of pyridine rings is 1. The van der Waals surface area contributed by atoms with Crippen molar-refractivity contribution in [1.29, 1.82) is 0 Å². The number of aromatic nitrogens is 1. The van der Waals surface area contributed by atoms with Gasteiger partial charge in [-0.15, -0.1) is 0 Å². The lowest BCUT2D eigenvalue weighted by Gasteiger charge is -2.59. The zero-order valence-electron chi connectivity index (χ0n) is 13.0. The van der Waals surface area contributed by atoms with E-state index >= 15 is 0 Å². The number of halogens is 1. The predicted octanol–water partition coefficient (Wildman–Crippen LogP) is 5.17. The van der Waals surface area contributed by atoms with Crippen LogP contribution in [0, 0.1) is 30.1 Å². The van der Waals surface area contributed by atoms with E-state index in [4.69, 9.17) is 0 Å². The van der Waals surface area contributed by atoms with Crippen molar-refractivity contribution in [2.75, 3.05) is 5.32 Å². The molecule has 0 aliphatic heterocycles. The van der Waals surface area contributed by atoms with Crippen LogP contribution in [0.25, 0.3) is 0 Å². The molecule has 1 aromatic heterocycles. The molecule has 0 amide bonds. The second-order valence-corrected chi connectivity index (χ2v) is 8.82. The quantitative estimate of drug-likeness (QED) is 0.814. The van der Waals surface area contributed by atoms with Gasteiger partial charge in [0.05, 0.1) is 0 Å². The molecule has 0 saturated heterocycles. The van der Waals surface area contributed by atoms with Gasteiger partial charge in [0, 0.05) is 16.7 Å². The fraction of sp³-hybridized carbons (Fsp3) is 0.722. The summed E-state index contributed by atoms with van der Waals surface area (Å²) in [5.74, 6) is 4.08. The summed E-state index contributed by atoms with van der Waals surface area (Å²) in [7, 11) is 0. The minimum Gasteiger partial charge on any atom is -0.367 e. The van der Waals surface area contributed by atoms with Crippen LogP contribution in [0.5, 0.6) is 0 Å². The Labute approximate surface area is 136 Å². The van der Waals surface area contributed by atoms with Crippen LogP contribution in [0.2, 0.25) is 0 Å². The van der Waals surface area contributed by atoms with Gasteiger partial charge in [-0.1, -0.05) is 0 Å². The van der Waals surface area contributed by atoms with Gasteiger partial charge in [0.1, 0.15) is 5.82 Å². The van der Waals surface area contributed by atoms with Gasteiger partial charge in [-0.05, 0) is 103 Å². The molecule has 0 aromatic carbocycles. The molecule has 1 heterocycles. The van der Waals surface area contributed by atoms with E-state index in [-0.39, 0.29) is 0 Å². The highest BCUT2D eigenvalue weighted by Crippen LogP contribution is 2.61. The standard InChI is InChI=1S/C18H25BrN2/c1-11-3-17(20-10-16(11)19)21-12(2)18-7-13-4-14(8-18)6-15(5-13)9-18/h3,10,12-15H,4-9H2,1-2H3,(H,20,21).